The first kappa shape index (κ1) is 18.1. The molecule has 6 nitrogen and oxygen atoms in total. The second kappa shape index (κ2) is 7.11. The number of hydrogen-bond donors (Lipinski definition) is 0. The van der Waals surface area contributed by atoms with Crippen LogP contribution in [0.3, 0.4) is 0 Å². The summed E-state index contributed by atoms with van der Waals surface area (Å²) >= 11 is 16.6. The molecule has 0 N–H and O–H groups in total. The van der Waals surface area contributed by atoms with Crippen molar-refractivity contribution in [1.29, 1.82) is 0 Å². The number of carbonyl (C=O) groups excluding carboxylic acids is 3. The minimum absolute atomic E-state index is 0.111. The molecule has 2 unspecified atom stereocenters. The van der Waals surface area contributed by atoms with E-state index in [0.29, 0.717) is 12.8 Å². The molecular formula is C14H14Cl3NO5. The number of methoxy groups -OCH3 is 1. The van der Waals surface area contributed by atoms with Crippen molar-refractivity contribution in [2.75, 3.05) is 13.7 Å². The number of alkyl halides is 3. The summed E-state index contributed by atoms with van der Waals surface area (Å²) in [6.45, 7) is -0.397. The molecule has 2 heterocycles. The highest BCUT2D eigenvalue weighted by Crippen LogP contribution is 2.40. The molecule has 0 saturated carbocycles. The SMILES string of the molecule is COC(=O)/C=C/CC1C(=O)N2C(C(=O)OCC(Cl)(Cl)Cl)=CCC12. The molecule has 2 aliphatic rings. The largest absolute Gasteiger partial charge is 0.466 e. The van der Waals surface area contributed by atoms with Crippen LogP contribution in [0.4, 0.5) is 0 Å². The number of amides is 1. The minimum atomic E-state index is -1.70. The number of hydrogen-bond acceptors (Lipinski definition) is 5. The lowest BCUT2D eigenvalue weighted by Gasteiger charge is -2.43. The van der Waals surface area contributed by atoms with Gasteiger partial charge in [-0.05, 0) is 12.8 Å². The summed E-state index contributed by atoms with van der Waals surface area (Å²) in [6, 6.07) is -0.111. The predicted octanol–water partition coefficient (Wildman–Crippen LogP) is 2.13. The van der Waals surface area contributed by atoms with Crippen LogP contribution in [0, 0.1) is 5.92 Å². The zero-order valence-corrected chi connectivity index (χ0v) is 14.4. The van der Waals surface area contributed by atoms with Gasteiger partial charge in [0, 0.05) is 6.08 Å². The van der Waals surface area contributed by atoms with Crippen LogP contribution in [0.5, 0.6) is 0 Å². The average molecular weight is 383 g/mol. The number of esters is 2. The molecule has 0 aromatic carbocycles. The van der Waals surface area contributed by atoms with Gasteiger partial charge in [-0.25, -0.2) is 9.59 Å². The first-order valence-electron chi connectivity index (χ1n) is 6.76. The van der Waals surface area contributed by atoms with Crippen LogP contribution in [-0.2, 0) is 23.9 Å². The second-order valence-electron chi connectivity index (χ2n) is 5.06. The minimum Gasteiger partial charge on any atom is -0.466 e. The van der Waals surface area contributed by atoms with Crippen LogP contribution in [0.25, 0.3) is 0 Å². The molecule has 1 amide bonds. The van der Waals surface area contributed by atoms with E-state index in [4.69, 9.17) is 39.5 Å². The normalized spacial score (nSPS) is 23.4. The Morgan fingerprint density at radius 2 is 2.13 bits per heavy atom. The molecule has 2 rings (SSSR count). The highest BCUT2D eigenvalue weighted by atomic mass is 35.6. The van der Waals surface area contributed by atoms with Crippen LogP contribution in [-0.4, -0.2) is 46.3 Å². The fourth-order valence-electron chi connectivity index (χ4n) is 2.54. The van der Waals surface area contributed by atoms with Gasteiger partial charge < -0.3 is 14.4 Å². The van der Waals surface area contributed by atoms with Crippen molar-refractivity contribution >= 4 is 52.6 Å². The van der Waals surface area contributed by atoms with Gasteiger partial charge in [-0.3, -0.25) is 4.79 Å². The van der Waals surface area contributed by atoms with Gasteiger partial charge in [-0.2, -0.15) is 0 Å². The molecule has 126 valence electrons. The van der Waals surface area contributed by atoms with Gasteiger partial charge in [0.05, 0.1) is 19.1 Å². The maximum atomic E-state index is 12.2. The standard InChI is InChI=1S/C14H14Cl3NO5/c1-22-11(19)4-2-3-8-9-5-6-10(18(9)12(8)20)13(21)23-7-14(15,16)17/h2,4,6,8-9H,3,5,7H2,1H3/b4-2+. The Labute approximate surface area is 147 Å². The van der Waals surface area contributed by atoms with E-state index in [1.807, 2.05) is 0 Å². The van der Waals surface area contributed by atoms with E-state index >= 15 is 0 Å². The Bertz CT molecular complexity index is 581. The fourth-order valence-corrected chi connectivity index (χ4v) is 2.71. The molecule has 1 fully saturated rings. The maximum absolute atomic E-state index is 12.2. The van der Waals surface area contributed by atoms with E-state index in [1.165, 1.54) is 18.1 Å². The van der Waals surface area contributed by atoms with Crippen molar-refractivity contribution in [3.8, 4) is 0 Å². The zero-order chi connectivity index (χ0) is 17.2. The lowest BCUT2D eigenvalue weighted by Crippen LogP contribution is -2.58. The van der Waals surface area contributed by atoms with Crippen molar-refractivity contribution in [2.24, 2.45) is 5.92 Å². The third-order valence-corrected chi connectivity index (χ3v) is 3.91. The maximum Gasteiger partial charge on any atom is 0.354 e. The summed E-state index contributed by atoms with van der Waals surface area (Å²) in [5, 5.41) is 0. The van der Waals surface area contributed by atoms with Gasteiger partial charge in [0.2, 0.25) is 9.70 Å². The molecule has 2 aliphatic heterocycles. The second-order valence-corrected chi connectivity index (χ2v) is 7.58. The number of β-lactam (4-membered cyclic amide) rings is 1. The van der Waals surface area contributed by atoms with E-state index in [1.54, 1.807) is 12.2 Å². The highest BCUT2D eigenvalue weighted by molar-refractivity contribution is 6.67. The third-order valence-electron chi connectivity index (χ3n) is 3.58. The van der Waals surface area contributed by atoms with Gasteiger partial charge in [-0.1, -0.05) is 47.0 Å². The number of nitrogens with zero attached hydrogens (tertiary/aromatic N) is 1. The molecule has 9 heteroatoms. The van der Waals surface area contributed by atoms with Crippen molar-refractivity contribution in [1.82, 2.24) is 4.90 Å². The Hall–Kier alpha value is -1.24. The number of fused-ring (bicyclic) bond motifs is 1. The number of ether oxygens (including phenoxy) is 2. The van der Waals surface area contributed by atoms with Crippen molar-refractivity contribution < 1.29 is 23.9 Å². The summed E-state index contributed by atoms with van der Waals surface area (Å²) in [7, 11) is 1.28. The van der Waals surface area contributed by atoms with Gasteiger partial charge >= 0.3 is 11.9 Å². The third kappa shape index (κ3) is 4.19. The Kier molecular flexibility index (Phi) is 5.60. The molecular weight excluding hydrogens is 369 g/mol. The number of allylic oxidation sites excluding steroid dienone is 1. The molecule has 23 heavy (non-hydrogen) atoms. The summed E-state index contributed by atoms with van der Waals surface area (Å²) in [5.74, 6) is -1.64. The van der Waals surface area contributed by atoms with Crippen LogP contribution < -0.4 is 0 Å². The first-order valence-corrected chi connectivity index (χ1v) is 7.89. The lowest BCUT2D eigenvalue weighted by molar-refractivity contribution is -0.156. The van der Waals surface area contributed by atoms with Gasteiger partial charge in [0.1, 0.15) is 12.3 Å². The Morgan fingerprint density at radius 1 is 1.43 bits per heavy atom. The van der Waals surface area contributed by atoms with Gasteiger partial charge in [-0.15, -0.1) is 0 Å². The molecule has 0 aromatic heterocycles. The van der Waals surface area contributed by atoms with E-state index in [0.717, 1.165) is 0 Å². The topological polar surface area (TPSA) is 72.9 Å². The zero-order valence-electron chi connectivity index (χ0n) is 12.1. The summed E-state index contributed by atoms with van der Waals surface area (Å²) in [6.07, 6.45) is 5.44. The van der Waals surface area contributed by atoms with E-state index in [2.05, 4.69) is 4.74 Å². The van der Waals surface area contributed by atoms with E-state index in [-0.39, 0.29) is 23.6 Å². The smallest absolute Gasteiger partial charge is 0.354 e. The molecule has 0 spiro atoms. The highest BCUT2D eigenvalue weighted by Gasteiger charge is 2.52. The number of halogens is 3. The van der Waals surface area contributed by atoms with Crippen LogP contribution in [0.15, 0.2) is 23.9 Å². The fraction of sp³-hybridized carbons (Fsp3) is 0.500. The average Bonchev–Trinajstić information content (AvgIpc) is 2.88. The number of rotatable bonds is 5. The lowest BCUT2D eigenvalue weighted by atomic mass is 9.85. The van der Waals surface area contributed by atoms with Crippen molar-refractivity contribution in [3.05, 3.63) is 23.9 Å². The van der Waals surface area contributed by atoms with Crippen LogP contribution in [0.1, 0.15) is 12.8 Å². The van der Waals surface area contributed by atoms with E-state index < -0.39 is 22.3 Å². The summed E-state index contributed by atoms with van der Waals surface area (Å²) in [4.78, 5) is 36.5. The van der Waals surface area contributed by atoms with Crippen molar-refractivity contribution in [2.45, 2.75) is 22.7 Å². The summed E-state index contributed by atoms with van der Waals surface area (Å²) in [5.41, 5.74) is 0.169. The van der Waals surface area contributed by atoms with Gasteiger partial charge in [0.25, 0.3) is 0 Å². The van der Waals surface area contributed by atoms with Crippen molar-refractivity contribution in [3.63, 3.8) is 0 Å². The van der Waals surface area contributed by atoms with E-state index in [9.17, 15) is 14.4 Å². The first-order chi connectivity index (χ1) is 10.7. The van der Waals surface area contributed by atoms with Crippen LogP contribution >= 0.6 is 34.8 Å². The summed E-state index contributed by atoms with van der Waals surface area (Å²) < 4.78 is 7.66. The number of carbonyl (C=O) groups is 3. The Morgan fingerprint density at radius 3 is 2.74 bits per heavy atom. The van der Waals surface area contributed by atoms with Gasteiger partial charge in [0.15, 0.2) is 0 Å². The monoisotopic (exact) mass is 381 g/mol. The molecule has 0 bridgehead atoms. The molecule has 0 radical (unpaired) electrons. The predicted molar refractivity (Wildman–Crippen MR) is 83.8 cm³/mol. The van der Waals surface area contributed by atoms with Crippen LogP contribution in [0.2, 0.25) is 0 Å². The molecule has 1 saturated heterocycles. The molecule has 2 atom stereocenters. The Balaban J connectivity index is 1.89. The quantitative estimate of drug-likeness (QED) is 0.315. The molecule has 0 aliphatic carbocycles. The molecule has 0 aromatic rings.